The van der Waals surface area contributed by atoms with Crippen molar-refractivity contribution in [3.8, 4) is 17.5 Å². The topological polar surface area (TPSA) is 93.3 Å². The summed E-state index contributed by atoms with van der Waals surface area (Å²) in [5.41, 5.74) is -0.620. The molecule has 0 saturated heterocycles. The number of halogens is 1. The average Bonchev–Trinajstić information content (AvgIpc) is 2.72. The van der Waals surface area contributed by atoms with Crippen LogP contribution >= 0.6 is 11.6 Å². The number of amides is 1. The highest BCUT2D eigenvalue weighted by molar-refractivity contribution is 6.30. The number of benzene rings is 1. The van der Waals surface area contributed by atoms with Crippen LogP contribution in [-0.2, 0) is 4.79 Å². The number of rotatable bonds is 7. The fourth-order valence-electron chi connectivity index (χ4n) is 4.66. The van der Waals surface area contributed by atoms with Gasteiger partial charge in [-0.25, -0.2) is 4.79 Å². The number of nitrogens with one attached hydrogen (secondary N) is 2. The summed E-state index contributed by atoms with van der Waals surface area (Å²) in [4.78, 5) is 30.2. The lowest BCUT2D eigenvalue weighted by atomic mass is 9.68. The maximum absolute atomic E-state index is 12.2. The number of aromatic amines is 1. The molecule has 1 aromatic heterocycles. The van der Waals surface area contributed by atoms with Gasteiger partial charge >= 0.3 is 5.69 Å². The van der Waals surface area contributed by atoms with Crippen molar-refractivity contribution in [3.05, 3.63) is 45.8 Å². The number of ether oxygens (including phenoxy) is 2. The third-order valence-electron chi connectivity index (χ3n) is 5.90. The molecule has 0 radical (unpaired) electrons. The Balaban J connectivity index is 1.26. The van der Waals surface area contributed by atoms with E-state index in [9.17, 15) is 9.59 Å². The predicted molar refractivity (Wildman–Crippen MR) is 113 cm³/mol. The van der Waals surface area contributed by atoms with Crippen molar-refractivity contribution >= 4 is 17.5 Å². The number of aromatic nitrogens is 2. The van der Waals surface area contributed by atoms with Crippen molar-refractivity contribution in [3.63, 3.8) is 0 Å². The van der Waals surface area contributed by atoms with Gasteiger partial charge in [0.05, 0.1) is 6.07 Å². The molecule has 2 aliphatic rings. The Labute approximate surface area is 180 Å². The first-order valence-electron chi connectivity index (χ1n) is 10.5. The monoisotopic (exact) mass is 431 g/mol. The van der Waals surface area contributed by atoms with Crippen LogP contribution in [0.2, 0.25) is 5.02 Å². The first-order chi connectivity index (χ1) is 14.5. The van der Waals surface area contributed by atoms with Crippen LogP contribution in [0.5, 0.6) is 17.5 Å². The molecule has 2 fully saturated rings. The smallest absolute Gasteiger partial charge is 0.351 e. The second kappa shape index (κ2) is 9.51. The van der Waals surface area contributed by atoms with Gasteiger partial charge in [0.2, 0.25) is 11.8 Å². The highest BCUT2D eigenvalue weighted by Gasteiger charge is 2.31. The van der Waals surface area contributed by atoms with Gasteiger partial charge in [0.1, 0.15) is 5.75 Å². The SMILES string of the molecule is O=C(COc1cc(Oc2ccc(Cl)cc2)[nH]c(=O)n1)NCC1CC2CCCC(C2)C1. The van der Waals surface area contributed by atoms with E-state index in [1.807, 2.05) is 0 Å². The number of carbonyl (C=O) groups excluding carboxylic acids is 1. The Morgan fingerprint density at radius 1 is 1.17 bits per heavy atom. The highest BCUT2D eigenvalue weighted by Crippen LogP contribution is 2.42. The molecule has 160 valence electrons. The zero-order valence-electron chi connectivity index (χ0n) is 16.7. The van der Waals surface area contributed by atoms with E-state index < -0.39 is 5.69 Å². The Hall–Kier alpha value is -2.54. The summed E-state index contributed by atoms with van der Waals surface area (Å²) in [6.45, 7) is 0.485. The van der Waals surface area contributed by atoms with Crippen molar-refractivity contribution < 1.29 is 14.3 Å². The van der Waals surface area contributed by atoms with Gasteiger partial charge in [-0.05, 0) is 61.3 Å². The zero-order valence-corrected chi connectivity index (χ0v) is 17.5. The number of hydrogen-bond acceptors (Lipinski definition) is 5. The lowest BCUT2D eigenvalue weighted by molar-refractivity contribution is -0.123. The molecule has 2 aliphatic carbocycles. The van der Waals surface area contributed by atoms with Crippen molar-refractivity contribution in [2.45, 2.75) is 38.5 Å². The van der Waals surface area contributed by atoms with Gasteiger partial charge in [0.15, 0.2) is 6.61 Å². The molecule has 1 amide bonds. The predicted octanol–water partition coefficient (Wildman–Crippen LogP) is 3.93. The third kappa shape index (κ3) is 5.75. The van der Waals surface area contributed by atoms with Gasteiger partial charge in [-0.15, -0.1) is 0 Å². The summed E-state index contributed by atoms with van der Waals surface area (Å²) in [6.07, 6.45) is 7.80. The molecule has 7 nitrogen and oxygen atoms in total. The molecule has 4 rings (SSSR count). The van der Waals surface area contributed by atoms with Crippen LogP contribution in [0.15, 0.2) is 35.1 Å². The fourth-order valence-corrected chi connectivity index (χ4v) is 4.78. The summed E-state index contributed by atoms with van der Waals surface area (Å²) in [7, 11) is 0. The minimum atomic E-state index is -0.620. The lowest BCUT2D eigenvalue weighted by Crippen LogP contribution is -2.37. The van der Waals surface area contributed by atoms with Crippen LogP contribution in [0.4, 0.5) is 0 Å². The van der Waals surface area contributed by atoms with E-state index in [0.29, 0.717) is 23.2 Å². The van der Waals surface area contributed by atoms with Gasteiger partial charge in [0.25, 0.3) is 5.91 Å². The minimum Gasteiger partial charge on any atom is -0.467 e. The van der Waals surface area contributed by atoms with E-state index in [-0.39, 0.29) is 24.3 Å². The number of nitrogens with zero attached hydrogens (tertiary/aromatic N) is 1. The molecule has 2 saturated carbocycles. The summed E-state index contributed by atoms with van der Waals surface area (Å²) in [5, 5.41) is 3.55. The molecular weight excluding hydrogens is 406 g/mol. The quantitative estimate of drug-likeness (QED) is 0.692. The lowest BCUT2D eigenvalue weighted by Gasteiger charge is -2.39. The summed E-state index contributed by atoms with van der Waals surface area (Å²) in [5.74, 6) is 2.70. The highest BCUT2D eigenvalue weighted by atomic mass is 35.5. The number of carbonyl (C=O) groups is 1. The van der Waals surface area contributed by atoms with Gasteiger partial charge in [-0.1, -0.05) is 30.9 Å². The molecule has 2 aromatic rings. The Kier molecular flexibility index (Phi) is 6.57. The Bertz CT molecular complexity index is 919. The molecule has 0 aliphatic heterocycles. The summed E-state index contributed by atoms with van der Waals surface area (Å²) < 4.78 is 11.0. The molecule has 1 heterocycles. The second-order valence-electron chi connectivity index (χ2n) is 8.27. The van der Waals surface area contributed by atoms with Gasteiger partial charge in [-0.2, -0.15) is 4.98 Å². The maximum atomic E-state index is 12.2. The molecule has 2 N–H and O–H groups in total. The summed E-state index contributed by atoms with van der Waals surface area (Å²) >= 11 is 5.85. The van der Waals surface area contributed by atoms with Crippen LogP contribution in [0.25, 0.3) is 0 Å². The van der Waals surface area contributed by atoms with Crippen molar-refractivity contribution in [1.29, 1.82) is 0 Å². The van der Waals surface area contributed by atoms with Crippen molar-refractivity contribution in [2.24, 2.45) is 17.8 Å². The average molecular weight is 432 g/mol. The minimum absolute atomic E-state index is 0.0325. The van der Waals surface area contributed by atoms with Gasteiger partial charge in [0, 0.05) is 11.6 Å². The standard InChI is InChI=1S/C22H26ClN3O4/c23-17-4-6-18(7-5-17)30-21-11-20(25-22(28)26-21)29-13-19(27)24-12-16-9-14-2-1-3-15(8-14)10-16/h4-7,11,14-16H,1-3,8-10,12-13H2,(H,24,27)(H,25,26,28). The number of hydrogen-bond donors (Lipinski definition) is 2. The Morgan fingerprint density at radius 2 is 1.90 bits per heavy atom. The molecular formula is C22H26ClN3O4. The normalized spacial score (nSPS) is 22.9. The molecule has 2 atom stereocenters. The van der Waals surface area contributed by atoms with Crippen LogP contribution in [0, 0.1) is 17.8 Å². The molecule has 30 heavy (non-hydrogen) atoms. The first-order valence-corrected chi connectivity index (χ1v) is 10.9. The number of H-pyrrole nitrogens is 1. The van der Waals surface area contributed by atoms with Crippen LogP contribution in [0.3, 0.4) is 0 Å². The zero-order chi connectivity index (χ0) is 20.9. The van der Waals surface area contributed by atoms with Gasteiger partial charge < -0.3 is 14.8 Å². The largest absolute Gasteiger partial charge is 0.467 e. The van der Waals surface area contributed by atoms with Gasteiger partial charge in [-0.3, -0.25) is 9.78 Å². The van der Waals surface area contributed by atoms with Crippen molar-refractivity contribution in [1.82, 2.24) is 15.3 Å². The second-order valence-corrected chi connectivity index (χ2v) is 8.71. The van der Waals surface area contributed by atoms with Crippen molar-refractivity contribution in [2.75, 3.05) is 13.2 Å². The van der Waals surface area contributed by atoms with E-state index in [2.05, 4.69) is 15.3 Å². The fraction of sp³-hybridized carbons (Fsp3) is 0.500. The maximum Gasteiger partial charge on any atom is 0.351 e. The molecule has 8 heteroatoms. The van der Waals surface area contributed by atoms with E-state index in [4.69, 9.17) is 21.1 Å². The van der Waals surface area contributed by atoms with Crippen LogP contribution in [-0.4, -0.2) is 29.0 Å². The molecule has 2 unspecified atom stereocenters. The first kappa shape index (κ1) is 20.7. The van der Waals surface area contributed by atoms with Crippen LogP contribution < -0.4 is 20.5 Å². The summed E-state index contributed by atoms with van der Waals surface area (Å²) in [6, 6.07) is 8.14. The third-order valence-corrected chi connectivity index (χ3v) is 6.15. The Morgan fingerprint density at radius 3 is 2.63 bits per heavy atom. The number of fused-ring (bicyclic) bond motifs is 2. The molecule has 1 aromatic carbocycles. The van der Waals surface area contributed by atoms with E-state index in [1.54, 1.807) is 24.3 Å². The van der Waals surface area contributed by atoms with E-state index in [0.717, 1.165) is 11.8 Å². The van der Waals surface area contributed by atoms with Crippen LogP contribution in [0.1, 0.15) is 38.5 Å². The van der Waals surface area contributed by atoms with E-state index >= 15 is 0 Å². The molecule has 2 bridgehead atoms. The van der Waals surface area contributed by atoms with E-state index in [1.165, 1.54) is 44.6 Å². The molecule has 0 spiro atoms.